The Morgan fingerprint density at radius 1 is 1.17 bits per heavy atom. The van der Waals surface area contributed by atoms with Crippen LogP contribution >= 0.6 is 0 Å². The summed E-state index contributed by atoms with van der Waals surface area (Å²) in [5, 5.41) is 16.5. The summed E-state index contributed by atoms with van der Waals surface area (Å²) >= 11 is 0. The van der Waals surface area contributed by atoms with Gasteiger partial charge in [-0.3, -0.25) is 0 Å². The number of benzene rings is 2. The number of methoxy groups -OCH3 is 1. The Labute approximate surface area is 167 Å². The first-order valence-electron chi connectivity index (χ1n) is 9.45. The van der Waals surface area contributed by atoms with Gasteiger partial charge >= 0.3 is 6.36 Å². The van der Waals surface area contributed by atoms with Gasteiger partial charge in [-0.1, -0.05) is 30.3 Å². The van der Waals surface area contributed by atoms with Gasteiger partial charge in [-0.2, -0.15) is 0 Å². The molecule has 29 heavy (non-hydrogen) atoms. The summed E-state index contributed by atoms with van der Waals surface area (Å²) in [6, 6.07) is 14.0. The zero-order valence-corrected chi connectivity index (χ0v) is 16.1. The summed E-state index contributed by atoms with van der Waals surface area (Å²) in [6.07, 6.45) is -4.01. The van der Waals surface area contributed by atoms with Crippen LogP contribution in [0.4, 0.5) is 13.2 Å². The summed E-state index contributed by atoms with van der Waals surface area (Å²) < 4.78 is 47.0. The molecular formula is C21H25F3N2O3. The zero-order valence-electron chi connectivity index (χ0n) is 16.1. The molecule has 3 atom stereocenters. The number of hydrogen-bond donors (Lipinski definition) is 3. The van der Waals surface area contributed by atoms with E-state index >= 15 is 0 Å². The molecule has 0 aromatic heterocycles. The van der Waals surface area contributed by atoms with Crippen LogP contribution in [0.3, 0.4) is 0 Å². The minimum absolute atomic E-state index is 0.0137. The number of nitrogens with one attached hydrogen (secondary N) is 2. The minimum atomic E-state index is -4.75. The maximum Gasteiger partial charge on any atom is 0.573 e. The van der Waals surface area contributed by atoms with Crippen LogP contribution in [0.2, 0.25) is 0 Å². The van der Waals surface area contributed by atoms with Crippen LogP contribution in [0, 0.1) is 5.92 Å². The number of halogens is 3. The number of rotatable bonds is 7. The van der Waals surface area contributed by atoms with Gasteiger partial charge in [0.2, 0.25) is 0 Å². The van der Waals surface area contributed by atoms with E-state index in [1.807, 2.05) is 30.3 Å². The second-order valence-electron chi connectivity index (χ2n) is 7.09. The lowest BCUT2D eigenvalue weighted by molar-refractivity contribution is -0.274. The first kappa shape index (κ1) is 21.4. The average molecular weight is 410 g/mol. The number of piperidine rings is 1. The van der Waals surface area contributed by atoms with Crippen molar-refractivity contribution in [1.82, 2.24) is 10.6 Å². The van der Waals surface area contributed by atoms with Gasteiger partial charge in [0.1, 0.15) is 11.5 Å². The van der Waals surface area contributed by atoms with E-state index in [2.05, 4.69) is 15.4 Å². The number of alkyl halides is 3. The van der Waals surface area contributed by atoms with Crippen LogP contribution in [0.25, 0.3) is 0 Å². The maximum absolute atomic E-state index is 12.6. The van der Waals surface area contributed by atoms with Crippen LogP contribution in [0.1, 0.15) is 23.6 Å². The van der Waals surface area contributed by atoms with Crippen molar-refractivity contribution in [1.29, 1.82) is 0 Å². The van der Waals surface area contributed by atoms with E-state index in [9.17, 15) is 18.3 Å². The molecule has 2 aromatic rings. The molecule has 0 spiro atoms. The molecular weight excluding hydrogens is 385 g/mol. The molecule has 0 bridgehead atoms. The van der Waals surface area contributed by atoms with Crippen molar-refractivity contribution in [3.05, 3.63) is 59.7 Å². The van der Waals surface area contributed by atoms with E-state index < -0.39 is 6.36 Å². The Kier molecular flexibility index (Phi) is 7.00. The molecule has 1 aliphatic heterocycles. The fourth-order valence-corrected chi connectivity index (χ4v) is 3.70. The average Bonchev–Trinajstić information content (AvgIpc) is 2.71. The predicted molar refractivity (Wildman–Crippen MR) is 103 cm³/mol. The van der Waals surface area contributed by atoms with Gasteiger partial charge in [-0.25, -0.2) is 0 Å². The summed E-state index contributed by atoms with van der Waals surface area (Å²) in [6.45, 7) is 1.07. The highest BCUT2D eigenvalue weighted by Crippen LogP contribution is 2.30. The molecule has 5 nitrogen and oxygen atoms in total. The third kappa shape index (κ3) is 5.85. The molecule has 0 aliphatic carbocycles. The van der Waals surface area contributed by atoms with E-state index in [0.717, 1.165) is 12.0 Å². The highest BCUT2D eigenvalue weighted by atomic mass is 19.4. The third-order valence-electron chi connectivity index (χ3n) is 5.07. The predicted octanol–water partition coefficient (Wildman–Crippen LogP) is 3.40. The van der Waals surface area contributed by atoms with E-state index in [0.29, 0.717) is 24.4 Å². The van der Waals surface area contributed by atoms with Crippen molar-refractivity contribution >= 4 is 0 Å². The zero-order chi connectivity index (χ0) is 20.9. The molecule has 1 aliphatic rings. The van der Waals surface area contributed by atoms with Gasteiger partial charge in [0.05, 0.1) is 7.11 Å². The van der Waals surface area contributed by atoms with E-state index in [1.165, 1.54) is 25.3 Å². The van der Waals surface area contributed by atoms with Crippen LogP contribution in [-0.2, 0) is 6.54 Å². The van der Waals surface area contributed by atoms with Crippen molar-refractivity contribution in [2.45, 2.75) is 31.4 Å². The van der Waals surface area contributed by atoms with E-state index in [-0.39, 0.29) is 30.4 Å². The Hall–Kier alpha value is -2.29. The maximum atomic E-state index is 12.6. The molecule has 1 saturated heterocycles. The van der Waals surface area contributed by atoms with Crippen LogP contribution in [0.5, 0.6) is 11.5 Å². The third-order valence-corrected chi connectivity index (χ3v) is 5.07. The molecule has 3 unspecified atom stereocenters. The molecule has 3 rings (SSSR count). The second kappa shape index (κ2) is 9.47. The number of hydrogen-bond acceptors (Lipinski definition) is 5. The molecule has 0 radical (unpaired) electrons. The molecule has 0 saturated carbocycles. The highest BCUT2D eigenvalue weighted by Gasteiger charge is 2.32. The first-order chi connectivity index (χ1) is 13.9. The lowest BCUT2D eigenvalue weighted by Gasteiger charge is -2.37. The second-order valence-corrected chi connectivity index (χ2v) is 7.09. The lowest BCUT2D eigenvalue weighted by Crippen LogP contribution is -2.49. The van der Waals surface area contributed by atoms with Crippen molar-refractivity contribution < 1.29 is 27.8 Å². The standard InChI is InChI=1S/C21H25F3N2O3/c1-28-19-8-7-17(29-21(22,23)24)10-16(19)12-25-18-9-14(13-27)11-26-20(18)15-5-3-2-4-6-15/h2-8,10,14,18,20,25-27H,9,11-13H2,1H3. The van der Waals surface area contributed by atoms with Crippen LogP contribution in [0.15, 0.2) is 48.5 Å². The van der Waals surface area contributed by atoms with E-state index in [1.54, 1.807) is 0 Å². The Bertz CT molecular complexity index is 786. The van der Waals surface area contributed by atoms with Gasteiger partial charge in [-0.15, -0.1) is 13.2 Å². The molecule has 3 N–H and O–H groups in total. The quantitative estimate of drug-likeness (QED) is 0.653. The van der Waals surface area contributed by atoms with Gasteiger partial charge in [-0.05, 0) is 36.1 Å². The van der Waals surface area contributed by atoms with Crippen molar-refractivity contribution in [2.75, 3.05) is 20.3 Å². The SMILES string of the molecule is COc1ccc(OC(F)(F)F)cc1CNC1CC(CO)CNC1c1ccccc1. The van der Waals surface area contributed by atoms with Crippen molar-refractivity contribution in [3.8, 4) is 11.5 Å². The first-order valence-corrected chi connectivity index (χ1v) is 9.45. The largest absolute Gasteiger partial charge is 0.573 e. The molecule has 2 aromatic carbocycles. The molecule has 158 valence electrons. The smallest absolute Gasteiger partial charge is 0.496 e. The highest BCUT2D eigenvalue weighted by molar-refractivity contribution is 5.40. The van der Waals surface area contributed by atoms with Crippen LogP contribution in [-0.4, -0.2) is 37.8 Å². The van der Waals surface area contributed by atoms with Gasteiger partial charge in [0, 0.05) is 37.3 Å². The van der Waals surface area contributed by atoms with Crippen LogP contribution < -0.4 is 20.1 Å². The normalized spacial score (nSPS) is 22.3. The van der Waals surface area contributed by atoms with Crippen molar-refractivity contribution in [2.24, 2.45) is 5.92 Å². The fraction of sp³-hybridized carbons (Fsp3) is 0.429. The molecule has 8 heteroatoms. The summed E-state index contributed by atoms with van der Waals surface area (Å²) in [5.74, 6) is 0.296. The number of aliphatic hydroxyl groups excluding tert-OH is 1. The van der Waals surface area contributed by atoms with Crippen molar-refractivity contribution in [3.63, 3.8) is 0 Å². The van der Waals surface area contributed by atoms with Gasteiger partial charge in [0.15, 0.2) is 0 Å². The molecule has 1 heterocycles. The number of aliphatic hydroxyl groups is 1. The lowest BCUT2D eigenvalue weighted by atomic mass is 9.86. The van der Waals surface area contributed by atoms with E-state index in [4.69, 9.17) is 4.74 Å². The Balaban J connectivity index is 1.77. The Morgan fingerprint density at radius 3 is 2.59 bits per heavy atom. The van der Waals surface area contributed by atoms with Gasteiger partial charge < -0.3 is 25.2 Å². The fourth-order valence-electron chi connectivity index (χ4n) is 3.70. The topological polar surface area (TPSA) is 62.8 Å². The monoisotopic (exact) mass is 410 g/mol. The number of ether oxygens (including phenoxy) is 2. The van der Waals surface area contributed by atoms with Gasteiger partial charge in [0.25, 0.3) is 0 Å². The molecule has 0 amide bonds. The minimum Gasteiger partial charge on any atom is -0.496 e. The summed E-state index contributed by atoms with van der Waals surface area (Å²) in [5.41, 5.74) is 1.68. The Morgan fingerprint density at radius 2 is 1.93 bits per heavy atom. The molecule has 1 fully saturated rings. The summed E-state index contributed by atoms with van der Waals surface area (Å²) in [7, 11) is 1.47. The summed E-state index contributed by atoms with van der Waals surface area (Å²) in [4.78, 5) is 0.